The predicted molar refractivity (Wildman–Crippen MR) is 38.8 cm³/mol. The van der Waals surface area contributed by atoms with Crippen LogP contribution < -0.4 is 5.73 Å². The maximum atomic E-state index is 10.6. The van der Waals surface area contributed by atoms with Crippen molar-refractivity contribution in [3.8, 4) is 0 Å². The van der Waals surface area contributed by atoms with Gasteiger partial charge in [-0.05, 0) is 6.42 Å². The topological polar surface area (TPSA) is 46.1 Å². The molecule has 0 saturated carbocycles. The van der Waals surface area contributed by atoms with Gasteiger partial charge in [0.05, 0.1) is 5.57 Å². The molecule has 0 fully saturated rings. The highest BCUT2D eigenvalue weighted by Crippen LogP contribution is 2.06. The van der Waals surface area contributed by atoms with Crippen molar-refractivity contribution in [2.75, 3.05) is 7.05 Å². The summed E-state index contributed by atoms with van der Waals surface area (Å²) in [5.74, 6) is -0.306. The van der Waals surface area contributed by atoms with E-state index in [4.69, 9.17) is 5.73 Å². The Morgan fingerprint density at radius 1 is 1.80 bits per heavy atom. The van der Waals surface area contributed by atoms with Gasteiger partial charge in [-0.3, -0.25) is 4.79 Å². The fourth-order valence-electron chi connectivity index (χ4n) is 0.974. The lowest BCUT2D eigenvalue weighted by molar-refractivity contribution is -0.420. The van der Waals surface area contributed by atoms with E-state index in [1.165, 1.54) is 0 Å². The van der Waals surface area contributed by atoms with Crippen molar-refractivity contribution in [3.63, 3.8) is 0 Å². The van der Waals surface area contributed by atoms with Crippen molar-refractivity contribution in [1.82, 2.24) is 0 Å². The quantitative estimate of drug-likeness (QED) is 0.505. The molecule has 1 heterocycles. The molecule has 0 bridgehead atoms. The second-order valence-corrected chi connectivity index (χ2v) is 2.41. The second kappa shape index (κ2) is 2.64. The number of nitrogens with two attached hydrogens (primary N) is 1. The summed E-state index contributed by atoms with van der Waals surface area (Å²) in [7, 11) is 1.89. The van der Waals surface area contributed by atoms with Gasteiger partial charge >= 0.3 is 0 Å². The maximum absolute atomic E-state index is 10.6. The van der Waals surface area contributed by atoms with Gasteiger partial charge < -0.3 is 5.73 Å². The standard InChI is InChI=1S/C7H10N2O/c1-9-4-2-3-6(5-9)7(8)10/h4-5H,2-3H2,1H3,(H-,8,10)/p+1. The first-order valence-corrected chi connectivity index (χ1v) is 3.26. The summed E-state index contributed by atoms with van der Waals surface area (Å²) in [6.45, 7) is 0. The molecule has 0 saturated heterocycles. The Morgan fingerprint density at radius 2 is 2.50 bits per heavy atom. The van der Waals surface area contributed by atoms with Crippen LogP contribution in [0.5, 0.6) is 0 Å². The molecule has 1 aliphatic heterocycles. The Morgan fingerprint density at radius 3 is 2.90 bits per heavy atom. The number of carbonyl (C=O) groups is 1. The molecule has 0 atom stereocenters. The summed E-state index contributed by atoms with van der Waals surface area (Å²) in [4.78, 5) is 10.6. The minimum Gasteiger partial charge on any atom is -0.366 e. The third-order valence-corrected chi connectivity index (χ3v) is 1.51. The molecule has 0 spiro atoms. The van der Waals surface area contributed by atoms with Gasteiger partial charge in [-0.25, -0.2) is 4.58 Å². The van der Waals surface area contributed by atoms with Crippen LogP contribution in [0.15, 0.2) is 11.8 Å². The number of amides is 1. The summed E-state index contributed by atoms with van der Waals surface area (Å²) in [5, 5.41) is 0. The number of hydrogen-bond donors (Lipinski definition) is 1. The molecule has 1 amide bonds. The van der Waals surface area contributed by atoms with Gasteiger partial charge in [0, 0.05) is 6.42 Å². The maximum Gasteiger partial charge on any atom is 0.250 e. The Balaban J connectivity index is 2.78. The molecule has 0 aliphatic carbocycles. The lowest BCUT2D eigenvalue weighted by Gasteiger charge is -2.01. The minimum absolute atomic E-state index is 0.306. The van der Waals surface area contributed by atoms with Crippen molar-refractivity contribution in [2.45, 2.75) is 12.8 Å². The van der Waals surface area contributed by atoms with Crippen molar-refractivity contribution in [2.24, 2.45) is 5.73 Å². The smallest absolute Gasteiger partial charge is 0.250 e. The minimum atomic E-state index is -0.306. The molecule has 0 unspecified atom stereocenters. The number of primary amides is 1. The largest absolute Gasteiger partial charge is 0.366 e. The molecule has 0 aromatic heterocycles. The van der Waals surface area contributed by atoms with Crippen LogP contribution in [-0.2, 0) is 4.79 Å². The molecular formula is C7H11N2O+. The van der Waals surface area contributed by atoms with Gasteiger partial charge in [0.15, 0.2) is 6.20 Å². The van der Waals surface area contributed by atoms with Crippen molar-refractivity contribution >= 4 is 12.1 Å². The Hall–Kier alpha value is -1.12. The number of carbonyl (C=O) groups excluding carboxylic acids is 1. The van der Waals surface area contributed by atoms with E-state index in [9.17, 15) is 4.79 Å². The van der Waals surface area contributed by atoms with Crippen LogP contribution in [0.1, 0.15) is 12.8 Å². The fraction of sp³-hybridized carbons (Fsp3) is 0.429. The zero-order valence-electron chi connectivity index (χ0n) is 6.00. The highest BCUT2D eigenvalue weighted by atomic mass is 16.1. The number of hydrogen-bond acceptors (Lipinski definition) is 1. The average Bonchev–Trinajstić information content (AvgIpc) is 1.88. The normalized spacial score (nSPS) is 17.7. The third kappa shape index (κ3) is 1.43. The van der Waals surface area contributed by atoms with E-state index in [2.05, 4.69) is 0 Å². The molecule has 3 nitrogen and oxygen atoms in total. The highest BCUT2D eigenvalue weighted by molar-refractivity contribution is 5.92. The van der Waals surface area contributed by atoms with E-state index in [1.807, 2.05) is 17.8 Å². The molecule has 0 radical (unpaired) electrons. The summed E-state index contributed by atoms with van der Waals surface area (Å²) >= 11 is 0. The van der Waals surface area contributed by atoms with Gasteiger partial charge in [0.25, 0.3) is 5.91 Å². The van der Waals surface area contributed by atoms with E-state index in [1.54, 1.807) is 6.20 Å². The molecule has 54 valence electrons. The van der Waals surface area contributed by atoms with E-state index in [0.29, 0.717) is 5.57 Å². The molecular weight excluding hydrogens is 128 g/mol. The van der Waals surface area contributed by atoms with E-state index in [-0.39, 0.29) is 5.91 Å². The van der Waals surface area contributed by atoms with Crippen LogP contribution in [0.25, 0.3) is 0 Å². The van der Waals surface area contributed by atoms with Crippen LogP contribution in [-0.4, -0.2) is 23.7 Å². The van der Waals surface area contributed by atoms with E-state index < -0.39 is 0 Å². The van der Waals surface area contributed by atoms with Gasteiger partial charge in [-0.1, -0.05) is 0 Å². The van der Waals surface area contributed by atoms with Crippen LogP contribution in [0.2, 0.25) is 0 Å². The molecule has 3 heteroatoms. The first kappa shape index (κ1) is 6.99. The summed E-state index contributed by atoms with van der Waals surface area (Å²) in [6, 6.07) is 0. The summed E-state index contributed by atoms with van der Waals surface area (Å²) < 4.78 is 1.86. The third-order valence-electron chi connectivity index (χ3n) is 1.51. The van der Waals surface area contributed by atoms with Crippen molar-refractivity contribution < 1.29 is 9.37 Å². The van der Waals surface area contributed by atoms with Crippen LogP contribution in [0, 0.1) is 0 Å². The zero-order chi connectivity index (χ0) is 7.56. The molecule has 0 aromatic carbocycles. The fourth-order valence-corrected chi connectivity index (χ4v) is 0.974. The Labute approximate surface area is 59.8 Å². The zero-order valence-corrected chi connectivity index (χ0v) is 6.00. The van der Waals surface area contributed by atoms with Gasteiger partial charge in [-0.15, -0.1) is 0 Å². The Kier molecular flexibility index (Phi) is 1.85. The van der Waals surface area contributed by atoms with Crippen LogP contribution >= 0.6 is 0 Å². The first-order valence-electron chi connectivity index (χ1n) is 3.26. The van der Waals surface area contributed by atoms with Gasteiger partial charge in [0.2, 0.25) is 0 Å². The lowest BCUT2D eigenvalue weighted by Crippen LogP contribution is -2.18. The lowest BCUT2D eigenvalue weighted by atomic mass is 10.1. The van der Waals surface area contributed by atoms with Crippen LogP contribution in [0.3, 0.4) is 0 Å². The van der Waals surface area contributed by atoms with Crippen LogP contribution in [0.4, 0.5) is 0 Å². The van der Waals surface area contributed by atoms with E-state index in [0.717, 1.165) is 12.8 Å². The molecule has 1 aliphatic rings. The molecule has 2 N–H and O–H groups in total. The van der Waals surface area contributed by atoms with E-state index >= 15 is 0 Å². The highest BCUT2D eigenvalue weighted by Gasteiger charge is 2.12. The monoisotopic (exact) mass is 139 g/mol. The predicted octanol–water partition coefficient (Wildman–Crippen LogP) is -0.137. The average molecular weight is 139 g/mol. The molecule has 1 rings (SSSR count). The SMILES string of the molecule is C[N+]1=CCCC(C(N)=O)=C1. The number of nitrogens with zero attached hydrogens (tertiary/aromatic N) is 1. The first-order chi connectivity index (χ1) is 4.70. The Bertz CT molecular complexity index is 216. The van der Waals surface area contributed by atoms with Crippen molar-refractivity contribution in [3.05, 3.63) is 11.8 Å². The van der Waals surface area contributed by atoms with Gasteiger partial charge in [-0.2, -0.15) is 0 Å². The summed E-state index contributed by atoms with van der Waals surface area (Å²) in [6.07, 6.45) is 5.48. The molecule has 10 heavy (non-hydrogen) atoms. The summed E-state index contributed by atoms with van der Waals surface area (Å²) in [5.41, 5.74) is 5.79. The van der Waals surface area contributed by atoms with Crippen molar-refractivity contribution in [1.29, 1.82) is 0 Å². The number of rotatable bonds is 1. The van der Waals surface area contributed by atoms with Gasteiger partial charge in [0.1, 0.15) is 13.3 Å². The molecule has 0 aromatic rings. The second-order valence-electron chi connectivity index (χ2n) is 2.41.